The number of H-pyrrole nitrogens is 1. The number of nitrogens with zero attached hydrogens (tertiary/aromatic N) is 1. The van der Waals surface area contributed by atoms with Crippen molar-refractivity contribution in [3.05, 3.63) is 60.4 Å². The summed E-state index contributed by atoms with van der Waals surface area (Å²) in [7, 11) is 1.72. The number of aromatic nitrogens is 2. The SMILES string of the molecule is CN/C=C\C(=N)NC(=O)Cc1ccc(-c2cc(NC(=O)C3CC3)nc3[nH]ccc23)cc1. The highest BCUT2D eigenvalue weighted by Crippen LogP contribution is 2.33. The predicted octanol–water partition coefficient (Wildman–Crippen LogP) is 2.95. The third kappa shape index (κ3) is 4.98. The number of nitrogens with one attached hydrogen (secondary N) is 5. The van der Waals surface area contributed by atoms with Crippen LogP contribution in [0.1, 0.15) is 18.4 Å². The number of carbonyl (C=O) groups excluding carboxylic acids is 2. The second-order valence-corrected chi connectivity index (χ2v) is 7.52. The van der Waals surface area contributed by atoms with Gasteiger partial charge in [0, 0.05) is 24.5 Å². The number of aromatic amines is 1. The molecule has 5 N–H and O–H groups in total. The van der Waals surface area contributed by atoms with E-state index in [0.29, 0.717) is 11.5 Å². The van der Waals surface area contributed by atoms with Gasteiger partial charge in [0.1, 0.15) is 17.3 Å². The van der Waals surface area contributed by atoms with Crippen molar-refractivity contribution in [3.63, 3.8) is 0 Å². The van der Waals surface area contributed by atoms with E-state index in [0.717, 1.165) is 34.9 Å². The Balaban J connectivity index is 1.51. The molecule has 0 aliphatic heterocycles. The number of anilines is 1. The van der Waals surface area contributed by atoms with Crippen LogP contribution in [0, 0.1) is 11.3 Å². The van der Waals surface area contributed by atoms with Crippen LogP contribution in [0.2, 0.25) is 0 Å². The van der Waals surface area contributed by atoms with E-state index in [1.54, 1.807) is 13.2 Å². The van der Waals surface area contributed by atoms with Gasteiger partial charge in [0.05, 0.1) is 6.42 Å². The molecule has 0 spiro atoms. The van der Waals surface area contributed by atoms with Gasteiger partial charge in [-0.1, -0.05) is 24.3 Å². The lowest BCUT2D eigenvalue weighted by Gasteiger charge is -2.10. The quantitative estimate of drug-likeness (QED) is 0.300. The second kappa shape index (κ2) is 8.83. The van der Waals surface area contributed by atoms with Crippen molar-refractivity contribution in [2.45, 2.75) is 19.3 Å². The van der Waals surface area contributed by atoms with Gasteiger partial charge >= 0.3 is 0 Å². The van der Waals surface area contributed by atoms with Crippen molar-refractivity contribution in [1.29, 1.82) is 5.41 Å². The van der Waals surface area contributed by atoms with Crippen molar-refractivity contribution < 1.29 is 9.59 Å². The van der Waals surface area contributed by atoms with Gasteiger partial charge in [-0.2, -0.15) is 0 Å². The number of rotatable bonds is 7. The number of hydrogen-bond acceptors (Lipinski definition) is 5. The maximum Gasteiger partial charge on any atom is 0.229 e. The van der Waals surface area contributed by atoms with Crippen molar-refractivity contribution in [2.24, 2.45) is 5.92 Å². The lowest BCUT2D eigenvalue weighted by atomic mass is 10.0. The Labute approximate surface area is 179 Å². The molecule has 0 bridgehead atoms. The van der Waals surface area contributed by atoms with Crippen molar-refractivity contribution in [2.75, 3.05) is 12.4 Å². The van der Waals surface area contributed by atoms with Crippen LogP contribution in [0.5, 0.6) is 0 Å². The third-order valence-electron chi connectivity index (χ3n) is 5.05. The average Bonchev–Trinajstić information content (AvgIpc) is 3.50. The zero-order valence-corrected chi connectivity index (χ0v) is 17.2. The van der Waals surface area contributed by atoms with Gasteiger partial charge in [-0.25, -0.2) is 4.98 Å². The first-order valence-electron chi connectivity index (χ1n) is 10.1. The molecule has 4 rings (SSSR count). The number of amidine groups is 1. The minimum atomic E-state index is -0.250. The molecule has 2 amide bonds. The molecule has 8 nitrogen and oxygen atoms in total. The Morgan fingerprint density at radius 1 is 1.23 bits per heavy atom. The van der Waals surface area contributed by atoms with Crippen LogP contribution in [-0.2, 0) is 16.0 Å². The summed E-state index contributed by atoms with van der Waals surface area (Å²) in [5.41, 5.74) is 3.46. The standard InChI is InChI=1S/C23H24N6O2/c1-25-10-9-19(24)27-21(30)12-14-2-4-15(5-3-14)18-13-20(29-23(31)16-6-7-16)28-22-17(18)8-11-26-22/h2-5,8-11,13,16,25H,6-7,12H2,1H3,(H2,24,27,30)(H2,26,28,29,31)/b10-9-. The van der Waals surface area contributed by atoms with Crippen LogP contribution < -0.4 is 16.0 Å². The number of amides is 2. The molecule has 1 saturated carbocycles. The zero-order chi connectivity index (χ0) is 21.8. The number of benzene rings is 1. The smallest absolute Gasteiger partial charge is 0.229 e. The van der Waals surface area contributed by atoms with E-state index in [1.165, 1.54) is 6.08 Å². The van der Waals surface area contributed by atoms with Crippen molar-refractivity contribution in [1.82, 2.24) is 20.6 Å². The number of fused-ring (bicyclic) bond motifs is 1. The normalized spacial score (nSPS) is 13.3. The van der Waals surface area contributed by atoms with Crippen LogP contribution >= 0.6 is 0 Å². The van der Waals surface area contributed by atoms with Gasteiger partial charge < -0.3 is 20.9 Å². The maximum absolute atomic E-state index is 12.2. The van der Waals surface area contributed by atoms with Gasteiger partial charge in [-0.05, 0) is 53.9 Å². The van der Waals surface area contributed by atoms with Crippen LogP contribution in [0.4, 0.5) is 5.82 Å². The van der Waals surface area contributed by atoms with Crippen LogP contribution in [0.25, 0.3) is 22.2 Å². The molecular weight excluding hydrogens is 392 g/mol. The predicted molar refractivity (Wildman–Crippen MR) is 121 cm³/mol. The van der Waals surface area contributed by atoms with E-state index in [1.807, 2.05) is 42.6 Å². The van der Waals surface area contributed by atoms with E-state index in [2.05, 4.69) is 25.9 Å². The average molecular weight is 416 g/mol. The second-order valence-electron chi connectivity index (χ2n) is 7.52. The minimum Gasteiger partial charge on any atom is -0.394 e. The lowest BCUT2D eigenvalue weighted by Crippen LogP contribution is -2.30. The summed E-state index contributed by atoms with van der Waals surface area (Å²) in [5, 5.41) is 16.9. The minimum absolute atomic E-state index is 0.0147. The molecule has 31 heavy (non-hydrogen) atoms. The molecule has 3 aromatic rings. The molecule has 1 aliphatic carbocycles. The number of pyridine rings is 1. The Morgan fingerprint density at radius 3 is 2.71 bits per heavy atom. The van der Waals surface area contributed by atoms with E-state index < -0.39 is 0 Å². The van der Waals surface area contributed by atoms with Gasteiger partial charge in [0.25, 0.3) is 0 Å². The van der Waals surface area contributed by atoms with Crippen LogP contribution in [0.15, 0.2) is 54.9 Å². The van der Waals surface area contributed by atoms with E-state index >= 15 is 0 Å². The molecular formula is C23H24N6O2. The summed E-state index contributed by atoms with van der Waals surface area (Å²) >= 11 is 0. The molecule has 1 fully saturated rings. The molecule has 2 heterocycles. The molecule has 2 aromatic heterocycles. The Bertz CT molecular complexity index is 1160. The fraction of sp³-hybridized carbons (Fsp3) is 0.217. The first kappa shape index (κ1) is 20.3. The molecule has 8 heteroatoms. The molecule has 0 radical (unpaired) electrons. The first-order valence-corrected chi connectivity index (χ1v) is 10.1. The number of hydrogen-bond donors (Lipinski definition) is 5. The van der Waals surface area contributed by atoms with Gasteiger partial charge in [0.2, 0.25) is 11.8 Å². The van der Waals surface area contributed by atoms with Crippen molar-refractivity contribution in [3.8, 4) is 11.1 Å². The Kier molecular flexibility index (Phi) is 5.79. The maximum atomic E-state index is 12.2. The molecule has 0 atom stereocenters. The summed E-state index contributed by atoms with van der Waals surface area (Å²) in [6, 6.07) is 11.5. The molecule has 158 valence electrons. The van der Waals surface area contributed by atoms with Crippen LogP contribution in [0.3, 0.4) is 0 Å². The highest BCUT2D eigenvalue weighted by Gasteiger charge is 2.30. The fourth-order valence-electron chi connectivity index (χ4n) is 3.30. The Hall–Kier alpha value is -3.94. The van der Waals surface area contributed by atoms with Gasteiger partial charge in [-0.15, -0.1) is 0 Å². The van der Waals surface area contributed by atoms with Gasteiger partial charge in [-0.3, -0.25) is 15.0 Å². The molecule has 0 saturated heterocycles. The molecule has 1 aromatic carbocycles. The first-order chi connectivity index (χ1) is 15.0. The lowest BCUT2D eigenvalue weighted by molar-refractivity contribution is -0.119. The molecule has 1 aliphatic rings. The van der Waals surface area contributed by atoms with E-state index in [4.69, 9.17) is 5.41 Å². The third-order valence-corrected chi connectivity index (χ3v) is 5.05. The van der Waals surface area contributed by atoms with Crippen LogP contribution in [-0.4, -0.2) is 34.7 Å². The summed E-state index contributed by atoms with van der Waals surface area (Å²) in [6.07, 6.45) is 6.92. The van der Waals surface area contributed by atoms with E-state index in [9.17, 15) is 9.59 Å². The summed E-state index contributed by atoms with van der Waals surface area (Å²) in [6.45, 7) is 0. The summed E-state index contributed by atoms with van der Waals surface area (Å²) in [5.74, 6) is 0.424. The monoisotopic (exact) mass is 416 g/mol. The molecule has 0 unspecified atom stereocenters. The highest BCUT2D eigenvalue weighted by atomic mass is 16.2. The van der Waals surface area contributed by atoms with Gasteiger partial charge in [0.15, 0.2) is 0 Å². The van der Waals surface area contributed by atoms with Crippen molar-refractivity contribution >= 4 is 34.5 Å². The largest absolute Gasteiger partial charge is 0.394 e. The number of carbonyl (C=O) groups is 2. The highest BCUT2D eigenvalue weighted by molar-refractivity contribution is 6.03. The fourth-order valence-corrected chi connectivity index (χ4v) is 3.30. The summed E-state index contributed by atoms with van der Waals surface area (Å²) in [4.78, 5) is 31.9. The summed E-state index contributed by atoms with van der Waals surface area (Å²) < 4.78 is 0. The zero-order valence-electron chi connectivity index (χ0n) is 17.2. The topological polar surface area (TPSA) is 123 Å². The Morgan fingerprint density at radius 2 is 2.00 bits per heavy atom. The van der Waals surface area contributed by atoms with E-state index in [-0.39, 0.29) is 30.0 Å².